The number of ketones is 1. The van der Waals surface area contributed by atoms with Gasteiger partial charge in [0, 0.05) is 34.4 Å². The molecule has 5 heteroatoms. The molecule has 2 heterocycles. The molecule has 0 spiro atoms. The van der Waals surface area contributed by atoms with E-state index in [1.54, 1.807) is 0 Å². The summed E-state index contributed by atoms with van der Waals surface area (Å²) in [4.78, 5) is 31.0. The maximum Gasteiger partial charge on any atom is 0.339 e. The Balaban J connectivity index is 1.66. The molecule has 0 amide bonds. The molecule has 168 valence electrons. The van der Waals surface area contributed by atoms with Crippen molar-refractivity contribution in [3.8, 4) is 11.3 Å². The van der Waals surface area contributed by atoms with Crippen LogP contribution in [0, 0.1) is 20.8 Å². The minimum absolute atomic E-state index is 0.196. The maximum absolute atomic E-state index is 13.3. The van der Waals surface area contributed by atoms with Gasteiger partial charge < -0.3 is 9.30 Å². The van der Waals surface area contributed by atoms with Gasteiger partial charge in [-0.1, -0.05) is 55.5 Å². The van der Waals surface area contributed by atoms with E-state index in [1.807, 2.05) is 81.4 Å². The molecule has 0 N–H and O–H groups in total. The molecule has 0 fully saturated rings. The number of carbonyl (C=O) groups excluding carboxylic acids is 2. The van der Waals surface area contributed by atoms with E-state index in [1.165, 1.54) is 0 Å². The average Bonchev–Trinajstić information content (AvgIpc) is 3.11. The Bertz CT molecular complexity index is 1340. The van der Waals surface area contributed by atoms with Crippen molar-refractivity contribution in [1.82, 2.24) is 9.55 Å². The van der Waals surface area contributed by atoms with Crippen LogP contribution in [0.25, 0.3) is 22.2 Å². The van der Waals surface area contributed by atoms with Crippen molar-refractivity contribution >= 4 is 22.7 Å². The molecule has 0 bridgehead atoms. The predicted molar refractivity (Wildman–Crippen MR) is 131 cm³/mol. The van der Waals surface area contributed by atoms with Gasteiger partial charge in [-0.15, -0.1) is 0 Å². The first-order valence-corrected chi connectivity index (χ1v) is 11.2. The number of Topliss-reactive ketones (excluding diaryl/α,β-unsaturated/α-hetero) is 1. The molecular formula is C28H28N2O3. The molecule has 2 aromatic heterocycles. The lowest BCUT2D eigenvalue weighted by atomic mass is 9.98. The number of carbonyl (C=O) groups is 2. The largest absolute Gasteiger partial charge is 0.454 e. The molecule has 0 aliphatic carbocycles. The van der Waals surface area contributed by atoms with E-state index in [0.717, 1.165) is 41.2 Å². The lowest BCUT2D eigenvalue weighted by Gasteiger charge is -2.14. The Morgan fingerprint density at radius 3 is 2.39 bits per heavy atom. The fourth-order valence-corrected chi connectivity index (χ4v) is 4.38. The molecule has 0 aliphatic rings. The summed E-state index contributed by atoms with van der Waals surface area (Å²) in [6.45, 7) is 8.46. The smallest absolute Gasteiger partial charge is 0.339 e. The number of rotatable bonds is 7. The van der Waals surface area contributed by atoms with Crippen LogP contribution in [0.1, 0.15) is 51.0 Å². The number of hydrogen-bond acceptors (Lipinski definition) is 4. The minimum Gasteiger partial charge on any atom is -0.454 e. The Morgan fingerprint density at radius 1 is 0.970 bits per heavy atom. The summed E-state index contributed by atoms with van der Waals surface area (Å²) < 4.78 is 7.69. The van der Waals surface area contributed by atoms with Crippen molar-refractivity contribution in [2.75, 3.05) is 6.61 Å². The lowest BCUT2D eigenvalue weighted by Crippen LogP contribution is -2.17. The second-order valence-corrected chi connectivity index (χ2v) is 8.28. The normalized spacial score (nSPS) is 11.0. The van der Waals surface area contributed by atoms with Crippen LogP contribution in [0.5, 0.6) is 0 Å². The lowest BCUT2D eigenvalue weighted by molar-refractivity contribution is 0.0475. The molecule has 4 rings (SSSR count). The summed E-state index contributed by atoms with van der Waals surface area (Å²) in [5.41, 5.74) is 6.10. The average molecular weight is 441 g/mol. The van der Waals surface area contributed by atoms with Gasteiger partial charge in [-0.3, -0.25) is 4.79 Å². The van der Waals surface area contributed by atoms with Crippen LogP contribution in [0.4, 0.5) is 0 Å². The number of nitrogens with zero attached hydrogens (tertiary/aromatic N) is 2. The van der Waals surface area contributed by atoms with Crippen LogP contribution in [0.15, 0.2) is 60.7 Å². The van der Waals surface area contributed by atoms with E-state index in [9.17, 15) is 9.59 Å². The number of aromatic nitrogens is 2. The van der Waals surface area contributed by atoms with E-state index in [-0.39, 0.29) is 12.4 Å². The van der Waals surface area contributed by atoms with E-state index < -0.39 is 5.97 Å². The van der Waals surface area contributed by atoms with Crippen molar-refractivity contribution < 1.29 is 14.3 Å². The number of ether oxygens (including phenoxy) is 1. The second-order valence-electron chi connectivity index (χ2n) is 8.28. The third kappa shape index (κ3) is 4.31. The molecule has 4 aromatic rings. The third-order valence-electron chi connectivity index (χ3n) is 6.04. The van der Waals surface area contributed by atoms with Gasteiger partial charge >= 0.3 is 5.97 Å². The Hall–Kier alpha value is -3.73. The van der Waals surface area contributed by atoms with Gasteiger partial charge in [-0.25, -0.2) is 9.78 Å². The number of fused-ring (bicyclic) bond motifs is 1. The van der Waals surface area contributed by atoms with Crippen molar-refractivity contribution in [2.24, 2.45) is 0 Å². The number of para-hydroxylation sites is 1. The maximum atomic E-state index is 13.3. The molecule has 0 saturated heterocycles. The molecule has 0 atom stereocenters. The van der Waals surface area contributed by atoms with Crippen molar-refractivity contribution in [3.05, 3.63) is 88.7 Å². The molecule has 0 aliphatic heterocycles. The number of esters is 1. The highest BCUT2D eigenvalue weighted by Gasteiger charge is 2.22. The van der Waals surface area contributed by atoms with Gasteiger partial charge in [0.2, 0.25) is 5.78 Å². The van der Waals surface area contributed by atoms with Crippen molar-refractivity contribution in [1.29, 1.82) is 0 Å². The second kappa shape index (κ2) is 9.41. The van der Waals surface area contributed by atoms with Crippen LogP contribution in [0.2, 0.25) is 0 Å². The van der Waals surface area contributed by atoms with Crippen LogP contribution < -0.4 is 0 Å². The summed E-state index contributed by atoms with van der Waals surface area (Å²) in [5, 5.41) is 0.716. The Morgan fingerprint density at radius 2 is 1.67 bits per heavy atom. The monoisotopic (exact) mass is 440 g/mol. The first-order valence-electron chi connectivity index (χ1n) is 11.2. The summed E-state index contributed by atoms with van der Waals surface area (Å²) >= 11 is 0. The Labute approximate surface area is 194 Å². The number of aryl methyl sites for hydroxylation is 1. The zero-order chi connectivity index (χ0) is 23.5. The number of pyridine rings is 1. The van der Waals surface area contributed by atoms with Crippen molar-refractivity contribution in [2.45, 2.75) is 40.7 Å². The van der Waals surface area contributed by atoms with Crippen LogP contribution in [-0.4, -0.2) is 27.9 Å². The zero-order valence-electron chi connectivity index (χ0n) is 19.5. The van der Waals surface area contributed by atoms with Crippen LogP contribution in [-0.2, 0) is 11.3 Å². The fourth-order valence-electron chi connectivity index (χ4n) is 4.38. The number of benzene rings is 2. The highest BCUT2D eigenvalue weighted by molar-refractivity contribution is 6.07. The first-order chi connectivity index (χ1) is 15.9. The van der Waals surface area contributed by atoms with E-state index in [0.29, 0.717) is 22.0 Å². The van der Waals surface area contributed by atoms with E-state index in [2.05, 4.69) is 11.5 Å². The molecule has 0 unspecified atom stereocenters. The Kier molecular flexibility index (Phi) is 6.40. The topological polar surface area (TPSA) is 61.2 Å². The summed E-state index contributed by atoms with van der Waals surface area (Å²) in [5.74, 6) is -0.711. The third-order valence-corrected chi connectivity index (χ3v) is 6.04. The van der Waals surface area contributed by atoms with Crippen LogP contribution in [0.3, 0.4) is 0 Å². The quantitative estimate of drug-likeness (QED) is 0.258. The predicted octanol–water partition coefficient (Wildman–Crippen LogP) is 6.08. The molecular weight excluding hydrogens is 412 g/mol. The highest BCUT2D eigenvalue weighted by atomic mass is 16.5. The fraction of sp³-hybridized carbons (Fsp3) is 0.250. The first kappa shape index (κ1) is 22.5. The van der Waals surface area contributed by atoms with Gasteiger partial charge in [0.1, 0.15) is 0 Å². The standard InChI is InChI=1S/C28H28N2O3/c1-5-15-30-18(2)16-23(20(30)4)25(31)17-33-28(32)26-19(3)27(21-11-7-6-8-12-21)29-24-14-10-9-13-22(24)26/h6-14,16H,5,15,17H2,1-4H3. The summed E-state index contributed by atoms with van der Waals surface area (Å²) in [7, 11) is 0. The molecule has 33 heavy (non-hydrogen) atoms. The van der Waals surface area contributed by atoms with Gasteiger partial charge in [-0.2, -0.15) is 0 Å². The highest BCUT2D eigenvalue weighted by Crippen LogP contribution is 2.30. The minimum atomic E-state index is -0.515. The molecule has 5 nitrogen and oxygen atoms in total. The SMILES string of the molecule is CCCn1c(C)cc(C(=O)COC(=O)c2c(C)c(-c3ccccc3)nc3ccccc23)c1C. The number of hydrogen-bond donors (Lipinski definition) is 0. The van der Waals surface area contributed by atoms with Crippen LogP contribution >= 0.6 is 0 Å². The van der Waals surface area contributed by atoms with Gasteiger partial charge in [0.15, 0.2) is 6.61 Å². The van der Waals surface area contributed by atoms with Gasteiger partial charge in [-0.05, 0) is 44.9 Å². The molecule has 0 radical (unpaired) electrons. The summed E-state index contributed by atoms with van der Waals surface area (Å²) in [6, 6.07) is 19.1. The van der Waals surface area contributed by atoms with Gasteiger partial charge in [0.25, 0.3) is 0 Å². The zero-order valence-corrected chi connectivity index (χ0v) is 19.5. The molecule has 0 saturated carbocycles. The van der Waals surface area contributed by atoms with Crippen molar-refractivity contribution in [3.63, 3.8) is 0 Å². The summed E-state index contributed by atoms with van der Waals surface area (Å²) in [6.07, 6.45) is 0.983. The van der Waals surface area contributed by atoms with E-state index >= 15 is 0 Å². The van der Waals surface area contributed by atoms with E-state index in [4.69, 9.17) is 9.72 Å². The van der Waals surface area contributed by atoms with Gasteiger partial charge in [0.05, 0.1) is 16.8 Å². The molecule has 2 aromatic carbocycles.